The highest BCUT2D eigenvalue weighted by atomic mass is 19.1. The van der Waals surface area contributed by atoms with E-state index in [9.17, 15) is 9.18 Å². The summed E-state index contributed by atoms with van der Waals surface area (Å²) in [6.45, 7) is 4.22. The fourth-order valence-electron chi connectivity index (χ4n) is 3.08. The average molecular weight is 264 g/mol. The van der Waals surface area contributed by atoms with Gasteiger partial charge < -0.3 is 11.1 Å². The zero-order valence-electron chi connectivity index (χ0n) is 11.4. The van der Waals surface area contributed by atoms with E-state index in [1.54, 1.807) is 12.1 Å². The van der Waals surface area contributed by atoms with Crippen molar-refractivity contribution in [2.75, 3.05) is 5.32 Å². The number of hydrogen-bond acceptors (Lipinski definition) is 2. The molecule has 104 valence electrons. The van der Waals surface area contributed by atoms with Gasteiger partial charge in [-0.2, -0.15) is 0 Å². The highest BCUT2D eigenvalue weighted by Gasteiger charge is 2.45. The number of hydrogen-bond donors (Lipinski definition) is 2. The molecule has 4 heteroatoms. The summed E-state index contributed by atoms with van der Waals surface area (Å²) in [6.07, 6.45) is 2.60. The number of amides is 1. The SMILES string of the molecule is CC1CCC(Nc2cccc(F)c2)(C(N)=O)C(C)C1. The lowest BCUT2D eigenvalue weighted by atomic mass is 9.69. The second kappa shape index (κ2) is 5.19. The molecule has 0 heterocycles. The lowest BCUT2D eigenvalue weighted by molar-refractivity contribution is -0.125. The Labute approximate surface area is 113 Å². The molecule has 0 spiro atoms. The molecule has 1 fully saturated rings. The van der Waals surface area contributed by atoms with Crippen LogP contribution < -0.4 is 11.1 Å². The predicted molar refractivity (Wildman–Crippen MR) is 74.1 cm³/mol. The Balaban J connectivity index is 2.28. The zero-order chi connectivity index (χ0) is 14.0. The molecule has 3 nitrogen and oxygen atoms in total. The van der Waals surface area contributed by atoms with Crippen molar-refractivity contribution in [2.45, 2.75) is 38.6 Å². The summed E-state index contributed by atoms with van der Waals surface area (Å²) in [5, 5.41) is 3.19. The van der Waals surface area contributed by atoms with Crippen LogP contribution in [0.2, 0.25) is 0 Å². The molecule has 0 bridgehead atoms. The maximum atomic E-state index is 13.3. The van der Waals surface area contributed by atoms with Crippen molar-refractivity contribution in [3.8, 4) is 0 Å². The third kappa shape index (κ3) is 2.72. The molecule has 0 saturated heterocycles. The van der Waals surface area contributed by atoms with E-state index in [1.807, 2.05) is 6.92 Å². The number of carbonyl (C=O) groups is 1. The highest BCUT2D eigenvalue weighted by molar-refractivity contribution is 5.88. The third-order valence-corrected chi connectivity index (χ3v) is 4.26. The summed E-state index contributed by atoms with van der Waals surface area (Å²) in [7, 11) is 0. The first-order chi connectivity index (χ1) is 8.94. The molecule has 1 amide bonds. The smallest absolute Gasteiger partial charge is 0.243 e. The van der Waals surface area contributed by atoms with Crippen LogP contribution >= 0.6 is 0 Å². The van der Waals surface area contributed by atoms with Crippen molar-refractivity contribution < 1.29 is 9.18 Å². The number of benzene rings is 1. The summed E-state index contributed by atoms with van der Waals surface area (Å²) in [5.41, 5.74) is 5.48. The number of nitrogens with two attached hydrogens (primary N) is 1. The first kappa shape index (κ1) is 13.8. The summed E-state index contributed by atoms with van der Waals surface area (Å²) in [5.74, 6) is 0.0615. The van der Waals surface area contributed by atoms with Gasteiger partial charge in [0.1, 0.15) is 11.4 Å². The molecule has 3 unspecified atom stereocenters. The maximum Gasteiger partial charge on any atom is 0.243 e. The normalized spacial score (nSPS) is 30.9. The number of carbonyl (C=O) groups excluding carboxylic acids is 1. The second-order valence-electron chi connectivity index (χ2n) is 5.75. The lowest BCUT2D eigenvalue weighted by Gasteiger charge is -2.43. The molecule has 2 rings (SSSR count). The fourth-order valence-corrected chi connectivity index (χ4v) is 3.08. The van der Waals surface area contributed by atoms with E-state index in [0.29, 0.717) is 18.0 Å². The summed E-state index contributed by atoms with van der Waals surface area (Å²) >= 11 is 0. The van der Waals surface area contributed by atoms with Crippen LogP contribution in [0.1, 0.15) is 33.1 Å². The Morgan fingerprint density at radius 2 is 2.21 bits per heavy atom. The van der Waals surface area contributed by atoms with E-state index in [0.717, 1.165) is 12.8 Å². The lowest BCUT2D eigenvalue weighted by Crippen LogP contribution is -2.57. The maximum absolute atomic E-state index is 13.3. The topological polar surface area (TPSA) is 55.1 Å². The minimum Gasteiger partial charge on any atom is -0.371 e. The van der Waals surface area contributed by atoms with Crippen molar-refractivity contribution >= 4 is 11.6 Å². The number of nitrogens with one attached hydrogen (secondary N) is 1. The van der Waals surface area contributed by atoms with Crippen LogP contribution in [0.3, 0.4) is 0 Å². The summed E-state index contributed by atoms with van der Waals surface area (Å²) < 4.78 is 13.3. The van der Waals surface area contributed by atoms with E-state index in [4.69, 9.17) is 5.73 Å². The Kier molecular flexibility index (Phi) is 3.78. The molecule has 1 aromatic carbocycles. The van der Waals surface area contributed by atoms with Crippen molar-refractivity contribution in [2.24, 2.45) is 17.6 Å². The summed E-state index contributed by atoms with van der Waals surface area (Å²) in [6, 6.07) is 6.17. The van der Waals surface area contributed by atoms with E-state index in [2.05, 4.69) is 12.2 Å². The van der Waals surface area contributed by atoms with E-state index in [1.165, 1.54) is 12.1 Å². The van der Waals surface area contributed by atoms with Gasteiger partial charge in [0, 0.05) is 5.69 Å². The van der Waals surface area contributed by atoms with Crippen molar-refractivity contribution in [1.29, 1.82) is 0 Å². The van der Waals surface area contributed by atoms with Crippen LogP contribution in [0.5, 0.6) is 0 Å². The number of anilines is 1. The molecule has 1 aliphatic carbocycles. The van der Waals surface area contributed by atoms with Crippen LogP contribution in [0.15, 0.2) is 24.3 Å². The van der Waals surface area contributed by atoms with Crippen molar-refractivity contribution in [1.82, 2.24) is 0 Å². The standard InChI is InChI=1S/C15H21FN2O/c1-10-6-7-15(14(17)19,11(2)8-10)18-13-5-3-4-12(16)9-13/h3-5,9-11,18H,6-8H2,1-2H3,(H2,17,19). The van der Waals surface area contributed by atoms with Crippen LogP contribution in [-0.4, -0.2) is 11.4 Å². The molecular weight excluding hydrogens is 243 g/mol. The second-order valence-corrected chi connectivity index (χ2v) is 5.75. The van der Waals surface area contributed by atoms with Gasteiger partial charge >= 0.3 is 0 Å². The quantitative estimate of drug-likeness (QED) is 0.882. The van der Waals surface area contributed by atoms with Gasteiger partial charge in [-0.15, -0.1) is 0 Å². The van der Waals surface area contributed by atoms with Gasteiger partial charge in [-0.25, -0.2) is 4.39 Å². The Morgan fingerprint density at radius 1 is 1.47 bits per heavy atom. The van der Waals surface area contributed by atoms with Crippen LogP contribution in [0, 0.1) is 17.7 Å². The molecule has 1 aliphatic rings. The molecule has 3 N–H and O–H groups in total. The highest BCUT2D eigenvalue weighted by Crippen LogP contribution is 2.39. The predicted octanol–water partition coefficient (Wildman–Crippen LogP) is 2.92. The van der Waals surface area contributed by atoms with Crippen LogP contribution in [-0.2, 0) is 4.79 Å². The Morgan fingerprint density at radius 3 is 2.79 bits per heavy atom. The monoisotopic (exact) mass is 264 g/mol. The van der Waals surface area contributed by atoms with Gasteiger partial charge in [-0.1, -0.05) is 19.9 Å². The Bertz CT molecular complexity index is 477. The molecule has 1 saturated carbocycles. The zero-order valence-corrected chi connectivity index (χ0v) is 11.4. The number of halogens is 1. The van der Waals surface area contributed by atoms with E-state index in [-0.39, 0.29) is 17.6 Å². The molecule has 19 heavy (non-hydrogen) atoms. The van der Waals surface area contributed by atoms with E-state index >= 15 is 0 Å². The minimum absolute atomic E-state index is 0.136. The molecule has 0 aliphatic heterocycles. The minimum atomic E-state index is -0.764. The van der Waals surface area contributed by atoms with Gasteiger partial charge in [-0.3, -0.25) is 4.79 Å². The summed E-state index contributed by atoms with van der Waals surface area (Å²) in [4.78, 5) is 11.9. The fraction of sp³-hybridized carbons (Fsp3) is 0.533. The van der Waals surface area contributed by atoms with Gasteiger partial charge in [0.05, 0.1) is 0 Å². The molecule has 0 radical (unpaired) electrons. The van der Waals surface area contributed by atoms with Gasteiger partial charge in [-0.05, 0) is 49.3 Å². The molecular formula is C15H21FN2O. The van der Waals surface area contributed by atoms with Gasteiger partial charge in [0.25, 0.3) is 0 Å². The molecule has 0 aromatic heterocycles. The van der Waals surface area contributed by atoms with Crippen molar-refractivity contribution in [3.63, 3.8) is 0 Å². The number of rotatable bonds is 3. The molecule has 3 atom stereocenters. The Hall–Kier alpha value is -1.58. The van der Waals surface area contributed by atoms with Crippen LogP contribution in [0.25, 0.3) is 0 Å². The third-order valence-electron chi connectivity index (χ3n) is 4.26. The van der Waals surface area contributed by atoms with Crippen LogP contribution in [0.4, 0.5) is 10.1 Å². The first-order valence-corrected chi connectivity index (χ1v) is 6.77. The molecule has 1 aromatic rings. The van der Waals surface area contributed by atoms with E-state index < -0.39 is 5.54 Å². The van der Waals surface area contributed by atoms with Gasteiger partial charge in [0.2, 0.25) is 5.91 Å². The average Bonchev–Trinajstić information content (AvgIpc) is 2.32. The first-order valence-electron chi connectivity index (χ1n) is 6.77. The number of primary amides is 1. The van der Waals surface area contributed by atoms with Crippen molar-refractivity contribution in [3.05, 3.63) is 30.1 Å². The van der Waals surface area contributed by atoms with Gasteiger partial charge in [0.15, 0.2) is 0 Å². The largest absolute Gasteiger partial charge is 0.371 e.